The molecule has 112 valence electrons. The third kappa shape index (κ3) is 4.10. The number of carbonyl (C=O) groups excluding carboxylic acids is 1. The van der Waals surface area contributed by atoms with Crippen molar-refractivity contribution in [3.63, 3.8) is 0 Å². The minimum absolute atomic E-state index is 0.132. The van der Waals surface area contributed by atoms with E-state index in [1.54, 1.807) is 24.1 Å². The molecule has 1 atom stereocenters. The summed E-state index contributed by atoms with van der Waals surface area (Å²) in [6, 6.07) is 3.64. The Labute approximate surface area is 126 Å². The van der Waals surface area contributed by atoms with E-state index < -0.39 is 0 Å². The number of nitrogens with one attached hydrogen (secondary N) is 1. The molecule has 1 aromatic heterocycles. The van der Waals surface area contributed by atoms with Gasteiger partial charge in [0.2, 0.25) is 0 Å². The summed E-state index contributed by atoms with van der Waals surface area (Å²) >= 11 is 6.12. The predicted molar refractivity (Wildman–Crippen MR) is 84.4 cm³/mol. The highest BCUT2D eigenvalue weighted by molar-refractivity contribution is 6.33. The van der Waals surface area contributed by atoms with Crippen LogP contribution in [0.15, 0.2) is 12.1 Å². The fourth-order valence-electron chi connectivity index (χ4n) is 1.74. The number of hydrogen-bond donors (Lipinski definition) is 1. The molecule has 0 aromatic carbocycles. The largest absolute Gasteiger partial charge is 0.370 e. The number of rotatable bonds is 6. The van der Waals surface area contributed by atoms with Crippen LogP contribution in [0.5, 0.6) is 0 Å². The van der Waals surface area contributed by atoms with Gasteiger partial charge >= 0.3 is 0 Å². The van der Waals surface area contributed by atoms with Gasteiger partial charge < -0.3 is 10.2 Å². The molecule has 0 aliphatic carbocycles. The van der Waals surface area contributed by atoms with Gasteiger partial charge in [0.1, 0.15) is 11.5 Å². The van der Waals surface area contributed by atoms with Gasteiger partial charge in [-0.25, -0.2) is 4.98 Å². The smallest absolute Gasteiger partial charge is 0.274 e. The zero-order valence-corrected chi connectivity index (χ0v) is 13.7. The van der Waals surface area contributed by atoms with Crippen molar-refractivity contribution in [3.8, 4) is 0 Å². The normalized spacial score (nSPS) is 12.3. The number of halogens is 1. The van der Waals surface area contributed by atoms with Crippen LogP contribution < -0.4 is 5.32 Å². The van der Waals surface area contributed by atoms with E-state index in [1.807, 2.05) is 6.92 Å². The van der Waals surface area contributed by atoms with Crippen LogP contribution in [0.1, 0.15) is 44.6 Å². The van der Waals surface area contributed by atoms with E-state index in [4.69, 9.17) is 11.6 Å². The second-order valence-corrected chi connectivity index (χ2v) is 5.76. The van der Waals surface area contributed by atoms with Gasteiger partial charge in [0, 0.05) is 19.6 Å². The second-order valence-electron chi connectivity index (χ2n) is 5.35. The molecular weight excluding hydrogens is 274 g/mol. The number of pyridine rings is 1. The van der Waals surface area contributed by atoms with E-state index in [9.17, 15) is 4.79 Å². The Hall–Kier alpha value is -1.29. The molecule has 0 saturated heterocycles. The van der Waals surface area contributed by atoms with Crippen LogP contribution in [0.25, 0.3) is 0 Å². The van der Waals surface area contributed by atoms with Crippen LogP contribution in [-0.4, -0.2) is 35.4 Å². The summed E-state index contributed by atoms with van der Waals surface area (Å²) in [5, 5.41) is 3.56. The first-order valence-corrected chi connectivity index (χ1v) is 7.43. The van der Waals surface area contributed by atoms with Crippen LogP contribution in [-0.2, 0) is 0 Å². The minimum atomic E-state index is -0.142. The molecule has 1 aromatic rings. The summed E-state index contributed by atoms with van der Waals surface area (Å²) in [6.07, 6.45) is 0.998. The highest BCUT2D eigenvalue weighted by Gasteiger charge is 2.23. The minimum Gasteiger partial charge on any atom is -0.370 e. The van der Waals surface area contributed by atoms with Gasteiger partial charge in [0.05, 0.1) is 5.02 Å². The molecule has 0 saturated carbocycles. The average Bonchev–Trinajstić information content (AvgIpc) is 2.43. The van der Waals surface area contributed by atoms with Gasteiger partial charge in [-0.1, -0.05) is 32.4 Å². The Kier molecular flexibility index (Phi) is 6.27. The van der Waals surface area contributed by atoms with Gasteiger partial charge in [0.15, 0.2) is 0 Å². The van der Waals surface area contributed by atoms with Crippen molar-refractivity contribution in [2.75, 3.05) is 18.9 Å². The van der Waals surface area contributed by atoms with E-state index in [0.29, 0.717) is 22.5 Å². The lowest BCUT2D eigenvalue weighted by molar-refractivity contribution is 0.0701. The molecule has 0 radical (unpaired) electrons. The number of amides is 1. The van der Waals surface area contributed by atoms with E-state index in [0.717, 1.165) is 13.0 Å². The number of aromatic nitrogens is 1. The maximum atomic E-state index is 12.5. The van der Waals surface area contributed by atoms with Crippen LogP contribution >= 0.6 is 11.6 Å². The van der Waals surface area contributed by atoms with E-state index in [2.05, 4.69) is 31.1 Å². The molecule has 1 amide bonds. The molecule has 5 heteroatoms. The Balaban J connectivity index is 2.96. The Morgan fingerprint density at radius 2 is 2.05 bits per heavy atom. The first-order valence-electron chi connectivity index (χ1n) is 7.06. The third-order valence-corrected chi connectivity index (χ3v) is 3.81. The molecule has 0 fully saturated rings. The van der Waals surface area contributed by atoms with E-state index in [1.165, 1.54) is 0 Å². The fourth-order valence-corrected chi connectivity index (χ4v) is 1.93. The first kappa shape index (κ1) is 16.8. The summed E-state index contributed by atoms with van der Waals surface area (Å²) in [7, 11) is 1.79. The van der Waals surface area contributed by atoms with Crippen molar-refractivity contribution in [1.29, 1.82) is 0 Å². The molecular formula is C15H24ClN3O. The summed E-state index contributed by atoms with van der Waals surface area (Å²) in [4.78, 5) is 18.5. The molecule has 20 heavy (non-hydrogen) atoms. The third-order valence-electron chi connectivity index (χ3n) is 3.50. The van der Waals surface area contributed by atoms with Gasteiger partial charge in [-0.2, -0.15) is 0 Å². The van der Waals surface area contributed by atoms with Gasteiger partial charge in [-0.3, -0.25) is 4.79 Å². The molecule has 1 heterocycles. The molecule has 4 nitrogen and oxygen atoms in total. The molecule has 1 N–H and O–H groups in total. The van der Waals surface area contributed by atoms with Gasteiger partial charge in [-0.15, -0.1) is 0 Å². The lowest BCUT2D eigenvalue weighted by atomic mass is 10.0. The Morgan fingerprint density at radius 3 is 2.60 bits per heavy atom. The van der Waals surface area contributed by atoms with E-state index in [-0.39, 0.29) is 11.9 Å². The monoisotopic (exact) mass is 297 g/mol. The zero-order chi connectivity index (χ0) is 15.3. The summed E-state index contributed by atoms with van der Waals surface area (Å²) in [6.45, 7) is 9.09. The maximum absolute atomic E-state index is 12.5. The standard InChI is InChI=1S/C15H24ClN3O/c1-6-9-17-13-8-7-12(16)14(18-13)15(20)19(5)11(4)10(2)3/h7-8,10-11H,6,9H2,1-5H3,(H,17,18). The molecule has 0 aliphatic heterocycles. The number of nitrogens with zero attached hydrogens (tertiary/aromatic N) is 2. The van der Waals surface area contributed by atoms with Crippen molar-refractivity contribution in [1.82, 2.24) is 9.88 Å². The molecule has 0 spiro atoms. The second kappa shape index (κ2) is 7.48. The van der Waals surface area contributed by atoms with Crippen molar-refractivity contribution in [2.45, 2.75) is 40.2 Å². The number of hydrogen-bond acceptors (Lipinski definition) is 3. The molecule has 0 bridgehead atoms. The van der Waals surface area contributed by atoms with Crippen molar-refractivity contribution < 1.29 is 4.79 Å². The Morgan fingerprint density at radius 1 is 1.40 bits per heavy atom. The lowest BCUT2D eigenvalue weighted by Crippen LogP contribution is -2.38. The zero-order valence-electron chi connectivity index (χ0n) is 12.9. The van der Waals surface area contributed by atoms with Crippen LogP contribution in [0, 0.1) is 5.92 Å². The van der Waals surface area contributed by atoms with Crippen LogP contribution in [0.2, 0.25) is 5.02 Å². The maximum Gasteiger partial charge on any atom is 0.274 e. The summed E-state index contributed by atoms with van der Waals surface area (Å²) < 4.78 is 0. The number of anilines is 1. The van der Waals surface area contributed by atoms with Gasteiger partial charge in [0.25, 0.3) is 5.91 Å². The first-order chi connectivity index (χ1) is 9.38. The van der Waals surface area contributed by atoms with Crippen LogP contribution in [0.4, 0.5) is 5.82 Å². The summed E-state index contributed by atoms with van der Waals surface area (Å²) in [5.74, 6) is 0.922. The van der Waals surface area contributed by atoms with Crippen LogP contribution in [0.3, 0.4) is 0 Å². The lowest BCUT2D eigenvalue weighted by Gasteiger charge is -2.28. The van der Waals surface area contributed by atoms with Crippen molar-refractivity contribution >= 4 is 23.3 Å². The summed E-state index contributed by atoms with van der Waals surface area (Å²) in [5.41, 5.74) is 0.308. The molecule has 1 rings (SSSR count). The van der Waals surface area contributed by atoms with E-state index >= 15 is 0 Å². The average molecular weight is 298 g/mol. The SMILES string of the molecule is CCCNc1ccc(Cl)c(C(=O)N(C)C(C)C(C)C)n1. The molecule has 0 aliphatic rings. The van der Waals surface area contributed by atoms with Gasteiger partial charge in [-0.05, 0) is 31.4 Å². The fraction of sp³-hybridized carbons (Fsp3) is 0.600. The molecule has 1 unspecified atom stereocenters. The predicted octanol–water partition coefficient (Wildman–Crippen LogP) is 3.67. The number of carbonyl (C=O) groups is 1. The topological polar surface area (TPSA) is 45.2 Å². The van der Waals surface area contributed by atoms with Crippen molar-refractivity contribution in [2.24, 2.45) is 5.92 Å². The Bertz CT molecular complexity index is 462. The van der Waals surface area contributed by atoms with Crippen molar-refractivity contribution in [3.05, 3.63) is 22.8 Å². The highest BCUT2D eigenvalue weighted by Crippen LogP contribution is 2.20. The quantitative estimate of drug-likeness (QED) is 0.871. The highest BCUT2D eigenvalue weighted by atomic mass is 35.5.